The molecule has 3 rings (SSSR count). The van der Waals surface area contributed by atoms with Gasteiger partial charge in [-0.05, 0) is 36.3 Å². The summed E-state index contributed by atoms with van der Waals surface area (Å²) in [4.78, 5) is 57.9. The highest BCUT2D eigenvalue weighted by Crippen LogP contribution is 2.27. The molecule has 0 bridgehead atoms. The van der Waals surface area contributed by atoms with E-state index < -0.39 is 52.2 Å². The number of rotatable bonds is 18. The number of hydrogen-bond donors (Lipinski definition) is 5. The Morgan fingerprint density at radius 1 is 0.915 bits per heavy atom. The monoisotopic (exact) mass is 669 g/mol. The molecule has 0 saturated heterocycles. The molecule has 13 nitrogen and oxygen atoms in total. The molecular formula is C33H47N7O6S. The average molecular weight is 670 g/mol. The highest BCUT2D eigenvalue weighted by Gasteiger charge is 2.32. The molecule has 0 aliphatic heterocycles. The van der Waals surface area contributed by atoms with Crippen LogP contribution in [0.5, 0.6) is 0 Å². The molecule has 2 aromatic carbocycles. The van der Waals surface area contributed by atoms with Crippen LogP contribution in [0.4, 0.5) is 0 Å². The summed E-state index contributed by atoms with van der Waals surface area (Å²) in [6.45, 7) is -0.116. The highest BCUT2D eigenvalue weighted by molar-refractivity contribution is 7.88. The predicted octanol–water partition coefficient (Wildman–Crippen LogP) is 1.33. The number of carbonyl (C=O) groups is 4. The van der Waals surface area contributed by atoms with Crippen LogP contribution in [0, 0.1) is 5.92 Å². The van der Waals surface area contributed by atoms with Gasteiger partial charge in [0.2, 0.25) is 27.6 Å². The zero-order valence-electron chi connectivity index (χ0n) is 26.9. The number of nitrogens with one attached hydrogen (secondary N) is 3. The number of likely N-dealkylation sites (N-methyl/N-ethyl adjacent to an activating group) is 1. The molecule has 0 radical (unpaired) electrons. The summed E-state index contributed by atoms with van der Waals surface area (Å²) in [5.41, 5.74) is 12.1. The summed E-state index contributed by atoms with van der Waals surface area (Å²) in [5, 5.41) is 5.33. The van der Waals surface area contributed by atoms with E-state index in [4.69, 9.17) is 11.5 Å². The van der Waals surface area contributed by atoms with Crippen LogP contribution in [0.1, 0.15) is 62.5 Å². The Bertz CT molecular complexity index is 1460. The minimum absolute atomic E-state index is 0.0694. The fourth-order valence-electron chi connectivity index (χ4n) is 5.60. The zero-order chi connectivity index (χ0) is 34.2. The van der Waals surface area contributed by atoms with Crippen molar-refractivity contribution in [1.29, 1.82) is 0 Å². The number of guanidine groups is 1. The van der Waals surface area contributed by atoms with Gasteiger partial charge in [-0.1, -0.05) is 92.8 Å². The molecular weight excluding hydrogens is 622 g/mol. The fraction of sp³-hybridized carbons (Fsp3) is 0.485. The van der Waals surface area contributed by atoms with Crippen molar-refractivity contribution in [2.75, 3.05) is 20.1 Å². The predicted molar refractivity (Wildman–Crippen MR) is 180 cm³/mol. The van der Waals surface area contributed by atoms with Gasteiger partial charge >= 0.3 is 0 Å². The standard InChI is InChI=1S/C33H47N7O6S/c1-40(32(44)27(18-11-19-36-33(34)35)39-47(45,46)23-26-16-9-4-10-17-26)22-29(41)38-28(20-24-12-5-2-6-13-24)30(42)31(43)37-21-25-14-7-3-8-15-25/h3-4,7-10,14-17,24,27-28,39H,2,5-6,11-13,18-23H2,1H3,(H,37,43)(H,38,41)(H4,34,35,36)/t27-,28-/m0/s1. The average Bonchev–Trinajstić information content (AvgIpc) is 3.05. The van der Waals surface area contributed by atoms with Gasteiger partial charge in [0.1, 0.15) is 6.04 Å². The molecule has 0 unspecified atom stereocenters. The Morgan fingerprint density at radius 2 is 1.53 bits per heavy atom. The van der Waals surface area contributed by atoms with Gasteiger partial charge in [0.15, 0.2) is 5.96 Å². The van der Waals surface area contributed by atoms with Crippen molar-refractivity contribution in [3.63, 3.8) is 0 Å². The minimum atomic E-state index is -3.95. The number of nitrogens with two attached hydrogens (primary N) is 2. The van der Waals surface area contributed by atoms with Crippen molar-refractivity contribution < 1.29 is 27.6 Å². The van der Waals surface area contributed by atoms with Crippen molar-refractivity contribution in [3.8, 4) is 0 Å². The number of aliphatic imine (C=N–C) groups is 1. The van der Waals surface area contributed by atoms with Crippen molar-refractivity contribution >= 4 is 39.5 Å². The molecule has 1 fully saturated rings. The number of hydrogen-bond acceptors (Lipinski definition) is 7. The van der Waals surface area contributed by atoms with E-state index in [2.05, 4.69) is 20.3 Å². The van der Waals surface area contributed by atoms with E-state index in [9.17, 15) is 27.6 Å². The van der Waals surface area contributed by atoms with Gasteiger partial charge < -0.3 is 27.0 Å². The van der Waals surface area contributed by atoms with Crippen LogP contribution in [-0.2, 0) is 41.5 Å². The Hall–Kier alpha value is -4.30. The Kier molecular flexibility index (Phi) is 14.8. The van der Waals surface area contributed by atoms with Crippen molar-refractivity contribution in [2.45, 2.75) is 75.7 Å². The second-order valence-electron chi connectivity index (χ2n) is 12.0. The van der Waals surface area contributed by atoms with Crippen LogP contribution in [0.25, 0.3) is 0 Å². The fourth-order valence-corrected chi connectivity index (χ4v) is 6.97. The topological polar surface area (TPSA) is 206 Å². The van der Waals surface area contributed by atoms with Crippen molar-refractivity contribution in [1.82, 2.24) is 20.3 Å². The maximum atomic E-state index is 13.5. The van der Waals surface area contributed by atoms with Gasteiger partial charge in [0.05, 0.1) is 18.3 Å². The van der Waals surface area contributed by atoms with E-state index in [0.29, 0.717) is 12.0 Å². The van der Waals surface area contributed by atoms with Gasteiger partial charge in [0, 0.05) is 20.1 Å². The second kappa shape index (κ2) is 18.7. The Morgan fingerprint density at radius 3 is 2.15 bits per heavy atom. The third kappa shape index (κ3) is 13.5. The van der Waals surface area contributed by atoms with Crippen LogP contribution >= 0.6 is 0 Å². The first-order valence-electron chi connectivity index (χ1n) is 15.9. The number of sulfonamides is 1. The maximum Gasteiger partial charge on any atom is 0.289 e. The molecule has 2 atom stereocenters. The molecule has 14 heteroatoms. The third-order valence-electron chi connectivity index (χ3n) is 7.99. The lowest BCUT2D eigenvalue weighted by Crippen LogP contribution is -2.53. The summed E-state index contributed by atoms with van der Waals surface area (Å²) < 4.78 is 28.5. The molecule has 47 heavy (non-hydrogen) atoms. The summed E-state index contributed by atoms with van der Waals surface area (Å²) >= 11 is 0. The van der Waals surface area contributed by atoms with Gasteiger partial charge in [-0.15, -0.1) is 0 Å². The lowest BCUT2D eigenvalue weighted by molar-refractivity contribution is -0.141. The Labute approximate surface area is 277 Å². The largest absolute Gasteiger partial charge is 0.370 e. The molecule has 2 aromatic rings. The number of nitrogens with zero attached hydrogens (tertiary/aromatic N) is 2. The van der Waals surface area contributed by atoms with E-state index in [1.54, 1.807) is 30.3 Å². The van der Waals surface area contributed by atoms with Crippen LogP contribution in [0.3, 0.4) is 0 Å². The van der Waals surface area contributed by atoms with E-state index in [0.717, 1.165) is 42.6 Å². The van der Waals surface area contributed by atoms with Crippen LogP contribution < -0.4 is 26.8 Å². The molecule has 1 aliphatic carbocycles. The summed E-state index contributed by atoms with van der Waals surface area (Å²) in [6.07, 6.45) is 5.60. The number of Topliss-reactive ketones (excluding diaryl/α,β-unsaturated/α-hetero) is 1. The molecule has 1 aliphatic rings. The van der Waals surface area contributed by atoms with E-state index in [1.807, 2.05) is 30.3 Å². The summed E-state index contributed by atoms with van der Waals surface area (Å²) in [6, 6.07) is 15.4. The first kappa shape index (κ1) is 37.2. The van der Waals surface area contributed by atoms with Gasteiger partial charge in [-0.2, -0.15) is 0 Å². The normalized spacial score (nSPS) is 14.7. The lowest BCUT2D eigenvalue weighted by atomic mass is 9.84. The lowest BCUT2D eigenvalue weighted by Gasteiger charge is -2.28. The third-order valence-corrected chi connectivity index (χ3v) is 9.34. The zero-order valence-corrected chi connectivity index (χ0v) is 27.7. The van der Waals surface area contributed by atoms with E-state index in [1.165, 1.54) is 7.05 Å². The number of ketones is 1. The number of benzene rings is 2. The number of amides is 3. The summed E-state index contributed by atoms with van der Waals surface area (Å²) in [5.74, 6) is -3.12. The molecule has 3 amide bonds. The van der Waals surface area contributed by atoms with Crippen LogP contribution in [-0.4, -0.2) is 75.0 Å². The molecule has 0 spiro atoms. The highest BCUT2D eigenvalue weighted by atomic mass is 32.2. The van der Waals surface area contributed by atoms with Crippen LogP contribution in [0.2, 0.25) is 0 Å². The first-order valence-corrected chi connectivity index (χ1v) is 17.6. The van der Waals surface area contributed by atoms with E-state index >= 15 is 0 Å². The maximum absolute atomic E-state index is 13.5. The van der Waals surface area contributed by atoms with Gasteiger partial charge in [-0.3, -0.25) is 24.2 Å². The molecule has 1 saturated carbocycles. The SMILES string of the molecule is CN(CC(=O)N[C@@H](CC1CCCCC1)C(=O)C(=O)NCc1ccccc1)C(=O)[C@H](CCCN=C(N)N)NS(=O)(=O)Cc1ccccc1. The van der Waals surface area contributed by atoms with E-state index in [-0.39, 0.29) is 43.6 Å². The molecule has 0 aromatic heterocycles. The second-order valence-corrected chi connectivity index (χ2v) is 13.7. The van der Waals surface area contributed by atoms with Crippen molar-refractivity contribution in [2.24, 2.45) is 22.4 Å². The molecule has 7 N–H and O–H groups in total. The molecule has 0 heterocycles. The summed E-state index contributed by atoms with van der Waals surface area (Å²) in [7, 11) is -2.57. The Balaban J connectivity index is 1.67. The first-order chi connectivity index (χ1) is 22.4. The quantitative estimate of drug-likeness (QED) is 0.0676. The van der Waals surface area contributed by atoms with Gasteiger partial charge in [0.25, 0.3) is 5.91 Å². The number of carbonyl (C=O) groups excluding carboxylic acids is 4. The van der Waals surface area contributed by atoms with Crippen LogP contribution in [0.15, 0.2) is 65.7 Å². The van der Waals surface area contributed by atoms with Crippen molar-refractivity contribution in [3.05, 3.63) is 71.8 Å². The molecule has 256 valence electrons. The van der Waals surface area contributed by atoms with Gasteiger partial charge in [-0.25, -0.2) is 13.1 Å². The minimum Gasteiger partial charge on any atom is -0.370 e. The smallest absolute Gasteiger partial charge is 0.289 e.